The molecule has 2 fully saturated rings. The van der Waals surface area contributed by atoms with Crippen molar-refractivity contribution in [3.05, 3.63) is 0 Å². The second-order valence-corrected chi connectivity index (χ2v) is 4.48. The molecule has 0 aromatic carbocycles. The van der Waals surface area contributed by atoms with Gasteiger partial charge in [0.15, 0.2) is 0 Å². The highest BCUT2D eigenvalue weighted by Crippen LogP contribution is 2.65. The van der Waals surface area contributed by atoms with E-state index in [2.05, 4.69) is 18.7 Å². The van der Waals surface area contributed by atoms with E-state index in [1.807, 2.05) is 13.8 Å². The molecule has 84 valence electrons. The average molecular weight is 205 g/mol. The van der Waals surface area contributed by atoms with Crippen molar-refractivity contribution >= 4 is 0 Å². The summed E-state index contributed by atoms with van der Waals surface area (Å²) in [6, 6.07) is 0.417. The summed E-state index contributed by atoms with van der Waals surface area (Å²) in [4.78, 5) is 2.15. The molecule has 1 saturated heterocycles. The molecule has 1 heterocycles. The molecule has 0 aromatic heterocycles. The van der Waals surface area contributed by atoms with Crippen molar-refractivity contribution in [3.63, 3.8) is 0 Å². The maximum atomic E-state index is 12.9. The fourth-order valence-corrected chi connectivity index (χ4v) is 2.17. The molecule has 2 rings (SSSR count). The van der Waals surface area contributed by atoms with Crippen LogP contribution in [0.15, 0.2) is 0 Å². The molecule has 1 atom stereocenters. The molecule has 0 N–H and O–H groups in total. The van der Waals surface area contributed by atoms with Crippen LogP contribution in [0, 0.1) is 5.41 Å². The van der Waals surface area contributed by atoms with Crippen molar-refractivity contribution < 1.29 is 8.78 Å². The van der Waals surface area contributed by atoms with Gasteiger partial charge in [-0.3, -0.25) is 0 Å². The number of alkyl halides is 2. The van der Waals surface area contributed by atoms with Crippen molar-refractivity contribution in [1.82, 2.24) is 4.90 Å². The summed E-state index contributed by atoms with van der Waals surface area (Å²) in [5.41, 5.74) is -0.614. The van der Waals surface area contributed by atoms with Crippen LogP contribution in [0.3, 0.4) is 0 Å². The van der Waals surface area contributed by atoms with Crippen molar-refractivity contribution in [1.29, 1.82) is 0 Å². The number of likely N-dealkylation sites (tertiary alicyclic amines) is 1. The maximum absolute atomic E-state index is 12.9. The van der Waals surface area contributed by atoms with E-state index in [0.717, 1.165) is 6.54 Å². The Morgan fingerprint density at radius 3 is 1.93 bits per heavy atom. The van der Waals surface area contributed by atoms with Crippen molar-refractivity contribution in [2.75, 3.05) is 13.1 Å². The third kappa shape index (κ3) is 1.79. The fraction of sp³-hybridized carbons (Fsp3) is 1.00. The van der Waals surface area contributed by atoms with Gasteiger partial charge in [-0.1, -0.05) is 13.8 Å². The van der Waals surface area contributed by atoms with Crippen molar-refractivity contribution in [3.8, 4) is 0 Å². The molecule has 1 spiro atoms. The molecule has 3 heteroatoms. The summed E-state index contributed by atoms with van der Waals surface area (Å²) in [7, 11) is 0. The standard InChI is InChI=1S/C9H15F2N.C2H6/c1-7(2)12-4-3-8(6-12)5-9(8,10)11;1-2/h7H,3-6H2,1-2H3;1-2H3. The minimum Gasteiger partial charge on any atom is -0.300 e. The van der Waals surface area contributed by atoms with Crippen molar-refractivity contribution in [2.24, 2.45) is 5.41 Å². The summed E-state index contributed by atoms with van der Waals surface area (Å²) in [6.45, 7) is 9.60. The number of hydrogen-bond acceptors (Lipinski definition) is 1. The highest BCUT2D eigenvalue weighted by molar-refractivity contribution is 5.14. The molecule has 0 aromatic rings. The fourth-order valence-electron chi connectivity index (χ4n) is 2.17. The second-order valence-electron chi connectivity index (χ2n) is 4.48. The van der Waals surface area contributed by atoms with E-state index in [1.165, 1.54) is 0 Å². The molecular formula is C11H21F2N. The van der Waals surface area contributed by atoms with Crippen LogP contribution in [0.2, 0.25) is 0 Å². The third-order valence-corrected chi connectivity index (χ3v) is 3.32. The Hall–Kier alpha value is -0.180. The summed E-state index contributed by atoms with van der Waals surface area (Å²) in [6.07, 6.45) is 0.821. The molecule has 0 bridgehead atoms. The topological polar surface area (TPSA) is 3.24 Å². The largest absolute Gasteiger partial charge is 0.300 e. The summed E-state index contributed by atoms with van der Waals surface area (Å²) < 4.78 is 25.8. The Kier molecular flexibility index (Phi) is 3.20. The molecular weight excluding hydrogens is 184 g/mol. The quantitative estimate of drug-likeness (QED) is 0.635. The molecule has 1 saturated carbocycles. The lowest BCUT2D eigenvalue weighted by molar-refractivity contribution is 0.0649. The van der Waals surface area contributed by atoms with Crippen LogP contribution in [-0.2, 0) is 0 Å². The van der Waals surface area contributed by atoms with Crippen LogP contribution in [-0.4, -0.2) is 30.0 Å². The van der Waals surface area contributed by atoms with Crippen LogP contribution in [0.4, 0.5) is 8.78 Å². The van der Waals surface area contributed by atoms with Crippen LogP contribution >= 0.6 is 0 Å². The molecule has 0 radical (unpaired) electrons. The predicted octanol–water partition coefficient (Wildman–Crippen LogP) is 3.15. The van der Waals surface area contributed by atoms with E-state index in [-0.39, 0.29) is 6.42 Å². The molecule has 1 nitrogen and oxygen atoms in total. The molecule has 2 aliphatic rings. The Morgan fingerprint density at radius 1 is 1.21 bits per heavy atom. The lowest BCUT2D eigenvalue weighted by Crippen LogP contribution is -2.29. The van der Waals surface area contributed by atoms with Crippen LogP contribution in [0.1, 0.15) is 40.5 Å². The van der Waals surface area contributed by atoms with Gasteiger partial charge in [-0.25, -0.2) is 8.78 Å². The van der Waals surface area contributed by atoms with E-state index in [9.17, 15) is 8.78 Å². The zero-order valence-corrected chi connectivity index (χ0v) is 9.61. The lowest BCUT2D eigenvalue weighted by atomic mass is 10.1. The van der Waals surface area contributed by atoms with Gasteiger partial charge < -0.3 is 4.90 Å². The molecule has 14 heavy (non-hydrogen) atoms. The first-order valence-corrected chi connectivity index (χ1v) is 5.59. The van der Waals surface area contributed by atoms with E-state index >= 15 is 0 Å². The van der Waals surface area contributed by atoms with Crippen LogP contribution in [0.25, 0.3) is 0 Å². The first kappa shape index (κ1) is 11.9. The molecule has 1 aliphatic heterocycles. The van der Waals surface area contributed by atoms with E-state index in [1.54, 1.807) is 0 Å². The van der Waals surface area contributed by atoms with Crippen LogP contribution in [0.5, 0.6) is 0 Å². The summed E-state index contributed by atoms with van der Waals surface area (Å²) >= 11 is 0. The van der Waals surface area contributed by atoms with Gasteiger partial charge in [-0.2, -0.15) is 0 Å². The number of hydrogen-bond donors (Lipinski definition) is 0. The van der Waals surface area contributed by atoms with E-state index in [4.69, 9.17) is 0 Å². The number of nitrogens with zero attached hydrogens (tertiary/aromatic N) is 1. The minimum absolute atomic E-state index is 0.128. The normalized spacial score (nSPS) is 34.5. The maximum Gasteiger partial charge on any atom is 0.255 e. The minimum atomic E-state index is -2.35. The average Bonchev–Trinajstić information content (AvgIpc) is 2.50. The SMILES string of the molecule is CC.CC(C)N1CCC2(C1)CC2(F)F. The summed E-state index contributed by atoms with van der Waals surface area (Å²) in [5, 5.41) is 0. The highest BCUT2D eigenvalue weighted by atomic mass is 19.3. The van der Waals surface area contributed by atoms with Gasteiger partial charge >= 0.3 is 0 Å². The lowest BCUT2D eigenvalue weighted by Gasteiger charge is -2.19. The Bertz CT molecular complexity index is 203. The summed E-state index contributed by atoms with van der Waals surface area (Å²) in [5.74, 6) is -2.35. The van der Waals surface area contributed by atoms with Gasteiger partial charge in [0.05, 0.1) is 5.41 Å². The molecule has 1 unspecified atom stereocenters. The van der Waals surface area contributed by atoms with Gasteiger partial charge in [-0.15, -0.1) is 0 Å². The first-order valence-electron chi connectivity index (χ1n) is 5.59. The van der Waals surface area contributed by atoms with Gasteiger partial charge in [-0.05, 0) is 26.8 Å². The smallest absolute Gasteiger partial charge is 0.255 e. The van der Waals surface area contributed by atoms with Crippen molar-refractivity contribution in [2.45, 2.75) is 52.5 Å². The highest BCUT2D eigenvalue weighted by Gasteiger charge is 2.72. The Morgan fingerprint density at radius 2 is 1.71 bits per heavy atom. The van der Waals surface area contributed by atoms with Crippen LogP contribution < -0.4 is 0 Å². The monoisotopic (exact) mass is 205 g/mol. The predicted molar refractivity (Wildman–Crippen MR) is 54.7 cm³/mol. The molecule has 1 aliphatic carbocycles. The second kappa shape index (κ2) is 3.76. The first-order chi connectivity index (χ1) is 6.47. The zero-order valence-electron chi connectivity index (χ0n) is 9.61. The van der Waals surface area contributed by atoms with E-state index in [0.29, 0.717) is 19.0 Å². The van der Waals surface area contributed by atoms with Gasteiger partial charge in [0.25, 0.3) is 5.92 Å². The Labute approximate surface area is 85.5 Å². The Balaban J connectivity index is 0.000000461. The third-order valence-electron chi connectivity index (χ3n) is 3.32. The molecule has 0 amide bonds. The van der Waals surface area contributed by atoms with Gasteiger partial charge in [0.2, 0.25) is 0 Å². The number of halogens is 2. The van der Waals surface area contributed by atoms with E-state index < -0.39 is 11.3 Å². The van der Waals surface area contributed by atoms with Gasteiger partial charge in [0, 0.05) is 19.0 Å². The van der Waals surface area contributed by atoms with Gasteiger partial charge in [0.1, 0.15) is 0 Å². The number of rotatable bonds is 1. The zero-order chi connectivity index (χ0) is 11.0.